The number of hydrogen-bond donors (Lipinski definition) is 3. The molecule has 22 heavy (non-hydrogen) atoms. The predicted octanol–water partition coefficient (Wildman–Crippen LogP) is -0.0493. The Morgan fingerprint density at radius 1 is 1.64 bits per heavy atom. The van der Waals surface area contributed by atoms with Crippen LogP contribution in [0.4, 0.5) is 0 Å². The number of likely N-dealkylation sites (tertiary alicyclic amines) is 1. The molecule has 1 aliphatic rings. The van der Waals surface area contributed by atoms with Gasteiger partial charge in [-0.3, -0.25) is 9.89 Å². The number of amides is 1. The highest BCUT2D eigenvalue weighted by Crippen LogP contribution is 2.35. The van der Waals surface area contributed by atoms with Crippen molar-refractivity contribution < 1.29 is 19.7 Å². The number of methoxy groups -OCH3 is 1. The van der Waals surface area contributed by atoms with Crippen LogP contribution in [0.1, 0.15) is 25.0 Å². The number of H-pyrrole nitrogens is 1. The smallest absolute Gasteiger partial charge is 0.228 e. The average molecular weight is 311 g/mol. The lowest BCUT2D eigenvalue weighted by molar-refractivity contribution is -0.142. The summed E-state index contributed by atoms with van der Waals surface area (Å²) in [5.41, 5.74) is 0.116. The Kier molecular flexibility index (Phi) is 5.93. The molecule has 0 bridgehead atoms. The highest BCUT2D eigenvalue weighted by atomic mass is 16.5. The van der Waals surface area contributed by atoms with Crippen LogP contribution in [0.15, 0.2) is 12.3 Å². The van der Waals surface area contributed by atoms with Gasteiger partial charge in [-0.25, -0.2) is 0 Å². The van der Waals surface area contributed by atoms with Gasteiger partial charge in [-0.1, -0.05) is 0 Å². The Balaban J connectivity index is 2.00. The van der Waals surface area contributed by atoms with E-state index in [-0.39, 0.29) is 18.9 Å². The minimum atomic E-state index is -0.652. The molecule has 0 aromatic carbocycles. The molecule has 1 fully saturated rings. The van der Waals surface area contributed by atoms with Gasteiger partial charge in [0, 0.05) is 44.1 Å². The number of carbonyl (C=O) groups is 1. The molecule has 0 saturated carbocycles. The first kappa shape index (κ1) is 16.9. The van der Waals surface area contributed by atoms with E-state index < -0.39 is 11.5 Å². The molecule has 3 N–H and O–H groups in total. The normalized spacial score (nSPS) is 25.4. The number of hydrogen-bond acceptors (Lipinski definition) is 5. The monoisotopic (exact) mass is 311 g/mol. The van der Waals surface area contributed by atoms with E-state index in [2.05, 4.69) is 10.2 Å². The second-order valence-corrected chi connectivity index (χ2v) is 6.00. The van der Waals surface area contributed by atoms with E-state index in [0.717, 1.165) is 12.1 Å². The van der Waals surface area contributed by atoms with Crippen LogP contribution in [0.25, 0.3) is 0 Å². The number of aliphatic hydroxyl groups excluding tert-OH is 2. The summed E-state index contributed by atoms with van der Waals surface area (Å²) >= 11 is 0. The van der Waals surface area contributed by atoms with Crippen LogP contribution in [0.2, 0.25) is 0 Å². The van der Waals surface area contributed by atoms with E-state index in [1.165, 1.54) is 0 Å². The van der Waals surface area contributed by atoms with Gasteiger partial charge < -0.3 is 19.8 Å². The summed E-state index contributed by atoms with van der Waals surface area (Å²) in [7, 11) is 1.63. The zero-order chi connectivity index (χ0) is 16.0. The SMILES string of the molecule is COCCC[C@@]1(CO)CN(C(=O)Cc2ccn[nH]2)CC[C@H]1O. The largest absolute Gasteiger partial charge is 0.396 e. The summed E-state index contributed by atoms with van der Waals surface area (Å²) in [6.45, 7) is 1.34. The molecule has 2 rings (SSSR count). The summed E-state index contributed by atoms with van der Waals surface area (Å²) in [6, 6.07) is 1.77. The van der Waals surface area contributed by atoms with E-state index in [0.29, 0.717) is 32.5 Å². The van der Waals surface area contributed by atoms with Crippen molar-refractivity contribution in [2.24, 2.45) is 5.41 Å². The van der Waals surface area contributed by atoms with Gasteiger partial charge in [0.2, 0.25) is 5.91 Å². The second-order valence-electron chi connectivity index (χ2n) is 6.00. The molecule has 7 heteroatoms. The molecule has 1 aromatic rings. The Bertz CT molecular complexity index is 465. The van der Waals surface area contributed by atoms with Gasteiger partial charge in [-0.2, -0.15) is 5.10 Å². The lowest BCUT2D eigenvalue weighted by Crippen LogP contribution is -2.55. The lowest BCUT2D eigenvalue weighted by Gasteiger charge is -2.45. The van der Waals surface area contributed by atoms with Crippen molar-refractivity contribution in [2.45, 2.75) is 31.8 Å². The van der Waals surface area contributed by atoms with Crippen molar-refractivity contribution in [3.63, 3.8) is 0 Å². The number of aliphatic hydroxyl groups is 2. The van der Waals surface area contributed by atoms with Crippen molar-refractivity contribution >= 4 is 5.91 Å². The fraction of sp³-hybridized carbons (Fsp3) is 0.733. The number of nitrogens with zero attached hydrogens (tertiary/aromatic N) is 2. The number of piperidine rings is 1. The van der Waals surface area contributed by atoms with Crippen molar-refractivity contribution in [3.05, 3.63) is 18.0 Å². The fourth-order valence-corrected chi connectivity index (χ4v) is 3.07. The van der Waals surface area contributed by atoms with Gasteiger partial charge >= 0.3 is 0 Å². The lowest BCUT2D eigenvalue weighted by atomic mass is 9.74. The summed E-state index contributed by atoms with van der Waals surface area (Å²) < 4.78 is 5.05. The first-order chi connectivity index (χ1) is 10.6. The molecule has 7 nitrogen and oxygen atoms in total. The minimum absolute atomic E-state index is 0.0132. The Morgan fingerprint density at radius 3 is 3.09 bits per heavy atom. The maximum atomic E-state index is 12.4. The van der Waals surface area contributed by atoms with Gasteiger partial charge in [0.1, 0.15) is 0 Å². The number of aromatic amines is 1. The zero-order valence-electron chi connectivity index (χ0n) is 13.0. The zero-order valence-corrected chi connectivity index (χ0v) is 13.0. The van der Waals surface area contributed by atoms with Crippen LogP contribution in [-0.2, 0) is 16.0 Å². The number of ether oxygens (including phenoxy) is 1. The molecule has 1 amide bonds. The third-order valence-corrected chi connectivity index (χ3v) is 4.48. The predicted molar refractivity (Wildman–Crippen MR) is 80.1 cm³/mol. The fourth-order valence-electron chi connectivity index (χ4n) is 3.07. The Hall–Kier alpha value is -1.44. The molecular weight excluding hydrogens is 286 g/mol. The standard InChI is InChI=1S/C15H25N3O4/c1-22-8-2-5-15(11-19)10-18(7-4-13(15)20)14(21)9-12-3-6-16-17-12/h3,6,13,19-20H,2,4-5,7-11H2,1H3,(H,16,17)/t13-,15+/m1/s1. The number of carbonyl (C=O) groups excluding carboxylic acids is 1. The molecule has 124 valence electrons. The van der Waals surface area contributed by atoms with Crippen LogP contribution >= 0.6 is 0 Å². The first-order valence-corrected chi connectivity index (χ1v) is 7.65. The molecule has 1 aromatic heterocycles. The Labute approximate surface area is 130 Å². The van der Waals surface area contributed by atoms with E-state index in [4.69, 9.17) is 4.74 Å². The van der Waals surface area contributed by atoms with Crippen molar-refractivity contribution in [1.82, 2.24) is 15.1 Å². The molecule has 2 atom stereocenters. The maximum absolute atomic E-state index is 12.4. The quantitative estimate of drug-likeness (QED) is 0.613. The third-order valence-electron chi connectivity index (χ3n) is 4.48. The van der Waals surface area contributed by atoms with Crippen molar-refractivity contribution in [2.75, 3.05) is 33.4 Å². The van der Waals surface area contributed by atoms with E-state index in [1.807, 2.05) is 0 Å². The molecule has 0 unspecified atom stereocenters. The minimum Gasteiger partial charge on any atom is -0.396 e. The van der Waals surface area contributed by atoms with E-state index in [1.54, 1.807) is 24.3 Å². The number of aromatic nitrogens is 2. The van der Waals surface area contributed by atoms with E-state index >= 15 is 0 Å². The maximum Gasteiger partial charge on any atom is 0.228 e. The van der Waals surface area contributed by atoms with Crippen LogP contribution in [0, 0.1) is 5.41 Å². The second kappa shape index (κ2) is 7.71. The van der Waals surface area contributed by atoms with Crippen molar-refractivity contribution in [1.29, 1.82) is 0 Å². The van der Waals surface area contributed by atoms with Gasteiger partial charge in [-0.15, -0.1) is 0 Å². The topological polar surface area (TPSA) is 98.7 Å². The van der Waals surface area contributed by atoms with Crippen LogP contribution in [0.3, 0.4) is 0 Å². The number of rotatable bonds is 7. The third kappa shape index (κ3) is 3.85. The van der Waals surface area contributed by atoms with Gasteiger partial charge in [0.25, 0.3) is 0 Å². The van der Waals surface area contributed by atoms with Gasteiger partial charge in [-0.05, 0) is 25.3 Å². The van der Waals surface area contributed by atoms with E-state index in [9.17, 15) is 15.0 Å². The number of nitrogens with one attached hydrogen (secondary N) is 1. The van der Waals surface area contributed by atoms with Crippen molar-refractivity contribution in [3.8, 4) is 0 Å². The molecule has 1 saturated heterocycles. The van der Waals surface area contributed by atoms with Crippen LogP contribution in [0.5, 0.6) is 0 Å². The first-order valence-electron chi connectivity index (χ1n) is 7.65. The van der Waals surface area contributed by atoms with Gasteiger partial charge in [0.05, 0.1) is 19.1 Å². The molecule has 0 spiro atoms. The average Bonchev–Trinajstić information content (AvgIpc) is 3.02. The molecular formula is C15H25N3O4. The Morgan fingerprint density at radius 2 is 2.45 bits per heavy atom. The summed E-state index contributed by atoms with van der Waals surface area (Å²) in [5.74, 6) is -0.0132. The molecule has 2 heterocycles. The molecule has 0 aliphatic carbocycles. The van der Waals surface area contributed by atoms with Crippen LogP contribution < -0.4 is 0 Å². The summed E-state index contributed by atoms with van der Waals surface area (Å²) in [4.78, 5) is 14.1. The highest BCUT2D eigenvalue weighted by molar-refractivity contribution is 5.78. The summed E-state index contributed by atoms with van der Waals surface area (Å²) in [6.07, 6.45) is 3.15. The van der Waals surface area contributed by atoms with Crippen LogP contribution in [-0.4, -0.2) is 70.7 Å². The highest BCUT2D eigenvalue weighted by Gasteiger charge is 2.43. The summed E-state index contributed by atoms with van der Waals surface area (Å²) in [5, 5.41) is 26.7. The molecule has 0 radical (unpaired) electrons. The molecule has 1 aliphatic heterocycles. The van der Waals surface area contributed by atoms with Gasteiger partial charge in [0.15, 0.2) is 0 Å².